The molecule has 1 N–H and O–H groups in total. The van der Waals surface area contributed by atoms with Crippen LogP contribution in [0.4, 0.5) is 0 Å². The van der Waals surface area contributed by atoms with Crippen molar-refractivity contribution >= 4 is 29.9 Å². The third-order valence-corrected chi connectivity index (χ3v) is 6.40. The van der Waals surface area contributed by atoms with Crippen LogP contribution in [0.3, 0.4) is 0 Å². The van der Waals surface area contributed by atoms with Crippen molar-refractivity contribution in [3.8, 4) is 0 Å². The number of amides is 1. The van der Waals surface area contributed by atoms with Gasteiger partial charge in [0, 0.05) is 36.6 Å². The number of nitrogens with zero attached hydrogens (tertiary/aromatic N) is 1. The summed E-state index contributed by atoms with van der Waals surface area (Å²) in [7, 11) is 0. The van der Waals surface area contributed by atoms with Gasteiger partial charge in [0.1, 0.15) is 0 Å². The van der Waals surface area contributed by atoms with Crippen LogP contribution in [0.15, 0.2) is 24.3 Å². The maximum atomic E-state index is 13.0. The lowest BCUT2D eigenvalue weighted by Crippen LogP contribution is -2.41. The third kappa shape index (κ3) is 5.37. The molecular formula is C21H30Cl2N2O. The van der Waals surface area contributed by atoms with Gasteiger partial charge in [-0.05, 0) is 74.5 Å². The van der Waals surface area contributed by atoms with Crippen LogP contribution in [0, 0.1) is 11.8 Å². The quantitative estimate of drug-likeness (QED) is 0.737. The summed E-state index contributed by atoms with van der Waals surface area (Å²) >= 11 is 5.97. The Morgan fingerprint density at radius 1 is 1.04 bits per heavy atom. The summed E-state index contributed by atoms with van der Waals surface area (Å²) in [5.41, 5.74) is 1.26. The number of nitrogens with one attached hydrogen (secondary N) is 1. The molecule has 5 heteroatoms. The minimum Gasteiger partial charge on any atom is -0.342 e. The van der Waals surface area contributed by atoms with Crippen molar-refractivity contribution in [2.24, 2.45) is 11.8 Å². The molecule has 26 heavy (non-hydrogen) atoms. The number of benzene rings is 1. The van der Waals surface area contributed by atoms with E-state index in [4.69, 9.17) is 11.6 Å². The van der Waals surface area contributed by atoms with Crippen LogP contribution in [0.25, 0.3) is 0 Å². The molecule has 2 bridgehead atoms. The molecule has 1 saturated carbocycles. The number of hydrogen-bond acceptors (Lipinski definition) is 2. The molecule has 3 fully saturated rings. The molecular weight excluding hydrogens is 367 g/mol. The van der Waals surface area contributed by atoms with Gasteiger partial charge in [0.2, 0.25) is 5.91 Å². The van der Waals surface area contributed by atoms with Gasteiger partial charge in [-0.25, -0.2) is 0 Å². The van der Waals surface area contributed by atoms with Gasteiger partial charge in [-0.3, -0.25) is 4.79 Å². The molecule has 1 aromatic carbocycles. The summed E-state index contributed by atoms with van der Waals surface area (Å²) in [5, 5.41) is 4.45. The fourth-order valence-corrected chi connectivity index (χ4v) is 4.69. The predicted molar refractivity (Wildman–Crippen MR) is 109 cm³/mol. The highest BCUT2D eigenvalue weighted by Gasteiger charge is 2.35. The van der Waals surface area contributed by atoms with Gasteiger partial charge in [-0.1, -0.05) is 23.7 Å². The molecule has 2 heterocycles. The average molecular weight is 397 g/mol. The van der Waals surface area contributed by atoms with Crippen LogP contribution in [0.5, 0.6) is 0 Å². The Labute approximate surface area is 168 Å². The highest BCUT2D eigenvalue weighted by atomic mass is 35.5. The summed E-state index contributed by atoms with van der Waals surface area (Å²) in [6.07, 6.45) is 9.25. The standard InChI is InChI=1S/C21H29ClN2O.ClH/c22-18-5-3-15(4-6-18)9-10-24(14-16-1-2-16)21(25)13-17-11-19-7-8-20(12-17)23-19;/h3-6,16-17,19-20,23H,1-2,7-14H2;1H. The lowest BCUT2D eigenvalue weighted by atomic mass is 9.89. The largest absolute Gasteiger partial charge is 0.342 e. The van der Waals surface area contributed by atoms with Crippen molar-refractivity contribution in [2.75, 3.05) is 13.1 Å². The summed E-state index contributed by atoms with van der Waals surface area (Å²) in [6, 6.07) is 9.37. The molecule has 1 aliphatic carbocycles. The normalized spacial score (nSPS) is 27.0. The Bertz CT molecular complexity index is 591. The van der Waals surface area contributed by atoms with Crippen LogP contribution < -0.4 is 5.32 Å². The summed E-state index contributed by atoms with van der Waals surface area (Å²) in [6.45, 7) is 1.80. The molecule has 0 aromatic heterocycles. The zero-order chi connectivity index (χ0) is 17.2. The summed E-state index contributed by atoms with van der Waals surface area (Å²) in [4.78, 5) is 15.1. The second-order valence-electron chi connectivity index (χ2n) is 8.34. The maximum absolute atomic E-state index is 13.0. The fraction of sp³-hybridized carbons (Fsp3) is 0.667. The van der Waals surface area contributed by atoms with E-state index in [1.807, 2.05) is 12.1 Å². The van der Waals surface area contributed by atoms with E-state index in [1.54, 1.807) is 0 Å². The summed E-state index contributed by atoms with van der Waals surface area (Å²) in [5.74, 6) is 1.72. The molecule has 2 unspecified atom stereocenters. The van der Waals surface area contributed by atoms with Crippen LogP contribution in [-0.4, -0.2) is 36.0 Å². The summed E-state index contributed by atoms with van der Waals surface area (Å²) < 4.78 is 0. The first-order valence-corrected chi connectivity index (χ1v) is 10.3. The number of carbonyl (C=O) groups excluding carboxylic acids is 1. The smallest absolute Gasteiger partial charge is 0.222 e. The van der Waals surface area contributed by atoms with Gasteiger partial charge < -0.3 is 10.2 Å². The zero-order valence-electron chi connectivity index (χ0n) is 15.3. The number of halogens is 2. The van der Waals surface area contributed by atoms with Gasteiger partial charge in [-0.2, -0.15) is 0 Å². The van der Waals surface area contributed by atoms with E-state index in [1.165, 1.54) is 44.1 Å². The van der Waals surface area contributed by atoms with E-state index in [2.05, 4.69) is 22.3 Å². The molecule has 4 rings (SSSR count). The Kier molecular flexibility index (Phi) is 6.87. The molecule has 3 aliphatic rings. The number of fused-ring (bicyclic) bond motifs is 2. The predicted octanol–water partition coefficient (Wildman–Crippen LogP) is 4.46. The number of carbonyl (C=O) groups is 1. The highest BCUT2D eigenvalue weighted by molar-refractivity contribution is 6.30. The van der Waals surface area contributed by atoms with E-state index in [0.717, 1.165) is 36.9 Å². The van der Waals surface area contributed by atoms with Gasteiger partial charge in [0.15, 0.2) is 0 Å². The van der Waals surface area contributed by atoms with Crippen molar-refractivity contribution < 1.29 is 4.79 Å². The Hall–Kier alpha value is -0.770. The van der Waals surface area contributed by atoms with Gasteiger partial charge >= 0.3 is 0 Å². The first-order valence-electron chi connectivity index (χ1n) is 9.94. The van der Waals surface area contributed by atoms with Gasteiger partial charge in [0.25, 0.3) is 0 Å². The molecule has 3 nitrogen and oxygen atoms in total. The highest BCUT2D eigenvalue weighted by Crippen LogP contribution is 2.34. The van der Waals surface area contributed by atoms with Gasteiger partial charge in [-0.15, -0.1) is 12.4 Å². The topological polar surface area (TPSA) is 32.3 Å². The van der Waals surface area contributed by atoms with Crippen molar-refractivity contribution in [2.45, 2.75) is 63.5 Å². The molecule has 0 spiro atoms. The minimum atomic E-state index is 0. The first-order chi connectivity index (χ1) is 12.2. The Morgan fingerprint density at radius 2 is 1.69 bits per heavy atom. The first kappa shape index (κ1) is 20.0. The number of hydrogen-bond donors (Lipinski definition) is 1. The second-order valence-corrected chi connectivity index (χ2v) is 8.78. The Morgan fingerprint density at radius 3 is 2.31 bits per heavy atom. The van der Waals surface area contributed by atoms with E-state index < -0.39 is 0 Å². The van der Waals surface area contributed by atoms with Crippen LogP contribution in [-0.2, 0) is 11.2 Å². The van der Waals surface area contributed by atoms with Crippen molar-refractivity contribution in [3.05, 3.63) is 34.9 Å². The van der Waals surface area contributed by atoms with E-state index >= 15 is 0 Å². The van der Waals surface area contributed by atoms with Crippen LogP contribution in [0.1, 0.15) is 50.5 Å². The van der Waals surface area contributed by atoms with Crippen LogP contribution >= 0.6 is 24.0 Å². The van der Waals surface area contributed by atoms with Crippen LogP contribution in [0.2, 0.25) is 5.02 Å². The SMILES string of the molecule is Cl.O=C(CC1CC2CCC(C1)N2)N(CCc1ccc(Cl)cc1)CC1CC1. The van der Waals surface area contributed by atoms with Crippen molar-refractivity contribution in [1.29, 1.82) is 0 Å². The molecule has 2 atom stereocenters. The van der Waals surface area contributed by atoms with E-state index in [-0.39, 0.29) is 12.4 Å². The lowest BCUT2D eigenvalue weighted by Gasteiger charge is -2.31. The van der Waals surface area contributed by atoms with E-state index in [0.29, 0.717) is 23.9 Å². The molecule has 2 aliphatic heterocycles. The average Bonchev–Trinajstić information content (AvgIpc) is 3.36. The minimum absolute atomic E-state index is 0. The fourth-order valence-electron chi connectivity index (χ4n) is 4.56. The van der Waals surface area contributed by atoms with Gasteiger partial charge in [0.05, 0.1) is 0 Å². The molecule has 1 aromatic rings. The number of piperidine rings is 1. The monoisotopic (exact) mass is 396 g/mol. The van der Waals surface area contributed by atoms with Crippen molar-refractivity contribution in [1.82, 2.24) is 10.2 Å². The Balaban J connectivity index is 0.00000196. The lowest BCUT2D eigenvalue weighted by molar-refractivity contribution is -0.132. The second kappa shape index (κ2) is 8.95. The van der Waals surface area contributed by atoms with E-state index in [9.17, 15) is 4.79 Å². The zero-order valence-corrected chi connectivity index (χ0v) is 16.9. The third-order valence-electron chi connectivity index (χ3n) is 6.15. The number of rotatable bonds is 7. The van der Waals surface area contributed by atoms with Crippen molar-refractivity contribution in [3.63, 3.8) is 0 Å². The maximum Gasteiger partial charge on any atom is 0.222 e. The molecule has 144 valence electrons. The molecule has 2 saturated heterocycles. The molecule has 1 amide bonds. The molecule has 0 radical (unpaired) electrons.